The predicted molar refractivity (Wildman–Crippen MR) is 87.6 cm³/mol. The molecule has 3 N–H and O–H groups in total. The third-order valence-corrected chi connectivity index (χ3v) is 4.77. The maximum Gasteiger partial charge on any atom is 0.0865 e. The largest absolute Gasteiger partial charge is 0.398 e. The van der Waals surface area contributed by atoms with Crippen LogP contribution in [0.25, 0.3) is 0 Å². The monoisotopic (exact) mass is 401 g/mol. The molecule has 0 aliphatic rings. The number of rotatable bonds is 4. The first kappa shape index (κ1) is 15.5. The lowest BCUT2D eigenvalue weighted by Crippen LogP contribution is -2.10. The lowest BCUT2D eigenvalue weighted by atomic mass is 10.0. The van der Waals surface area contributed by atoms with Gasteiger partial charge in [0.15, 0.2) is 0 Å². The molecule has 0 amide bonds. The summed E-state index contributed by atoms with van der Waals surface area (Å²) < 4.78 is 3.75. The van der Waals surface area contributed by atoms with Crippen LogP contribution in [0.2, 0.25) is 0 Å². The molecule has 0 aliphatic carbocycles. The minimum absolute atomic E-state index is 0.468. The Morgan fingerprint density at radius 2 is 2.10 bits per heavy atom. The Hall–Kier alpha value is -0.850. The summed E-state index contributed by atoms with van der Waals surface area (Å²) in [7, 11) is 0. The minimum Gasteiger partial charge on any atom is -0.398 e. The van der Waals surface area contributed by atoms with Crippen molar-refractivity contribution in [3.8, 4) is 0 Å². The molecule has 2 aromatic rings. The van der Waals surface area contributed by atoms with Gasteiger partial charge < -0.3 is 10.8 Å². The SMILES string of the molecule is CCn1nc(C)c(Br)c1CC(O)c1cc(Br)ccc1N. The van der Waals surface area contributed by atoms with Gasteiger partial charge in [-0.2, -0.15) is 5.10 Å². The van der Waals surface area contributed by atoms with Crippen LogP contribution in [0.15, 0.2) is 27.1 Å². The maximum atomic E-state index is 10.5. The molecule has 1 heterocycles. The Labute approximate surface area is 135 Å². The zero-order valence-corrected chi connectivity index (χ0v) is 14.6. The number of aliphatic hydroxyl groups excluding tert-OH is 1. The van der Waals surface area contributed by atoms with Gasteiger partial charge in [-0.1, -0.05) is 15.9 Å². The second-order valence-corrected chi connectivity index (χ2v) is 6.36. The Kier molecular flexibility index (Phi) is 4.88. The van der Waals surface area contributed by atoms with E-state index in [-0.39, 0.29) is 0 Å². The van der Waals surface area contributed by atoms with E-state index in [0.717, 1.165) is 32.4 Å². The third-order valence-electron chi connectivity index (χ3n) is 3.25. The highest BCUT2D eigenvalue weighted by Crippen LogP contribution is 2.30. The van der Waals surface area contributed by atoms with Crippen LogP contribution >= 0.6 is 31.9 Å². The molecule has 2 rings (SSSR count). The van der Waals surface area contributed by atoms with E-state index in [1.54, 1.807) is 6.07 Å². The van der Waals surface area contributed by atoms with Gasteiger partial charge in [-0.25, -0.2) is 0 Å². The second-order valence-electron chi connectivity index (χ2n) is 4.66. The van der Waals surface area contributed by atoms with Gasteiger partial charge in [-0.15, -0.1) is 0 Å². The van der Waals surface area contributed by atoms with E-state index in [4.69, 9.17) is 5.73 Å². The Morgan fingerprint density at radius 3 is 2.75 bits per heavy atom. The Morgan fingerprint density at radius 1 is 1.40 bits per heavy atom. The molecule has 0 bridgehead atoms. The first-order valence-corrected chi connectivity index (χ1v) is 7.97. The number of hydrogen-bond donors (Lipinski definition) is 2. The van der Waals surface area contributed by atoms with Gasteiger partial charge in [-0.3, -0.25) is 4.68 Å². The van der Waals surface area contributed by atoms with Crippen molar-refractivity contribution in [2.75, 3.05) is 5.73 Å². The standard InChI is InChI=1S/C14H17Br2N3O/c1-3-19-12(14(16)8(2)18-19)7-13(20)10-6-9(15)4-5-11(10)17/h4-6,13,20H,3,7,17H2,1-2H3. The Bertz CT molecular complexity index is 625. The minimum atomic E-state index is -0.662. The van der Waals surface area contributed by atoms with E-state index in [1.165, 1.54) is 0 Å². The molecule has 4 nitrogen and oxygen atoms in total. The summed E-state index contributed by atoms with van der Waals surface area (Å²) in [6, 6.07) is 5.51. The van der Waals surface area contributed by atoms with Crippen molar-refractivity contribution in [2.45, 2.75) is 32.9 Å². The van der Waals surface area contributed by atoms with Gasteiger partial charge in [0.25, 0.3) is 0 Å². The predicted octanol–water partition coefficient (Wildman–Crippen LogP) is 3.59. The van der Waals surface area contributed by atoms with Crippen molar-refractivity contribution in [1.82, 2.24) is 9.78 Å². The second kappa shape index (κ2) is 6.28. The maximum absolute atomic E-state index is 10.5. The first-order chi connectivity index (χ1) is 9.43. The van der Waals surface area contributed by atoms with Crippen LogP contribution in [0.1, 0.15) is 30.0 Å². The number of anilines is 1. The van der Waals surface area contributed by atoms with Crippen LogP contribution in [0.5, 0.6) is 0 Å². The highest BCUT2D eigenvalue weighted by atomic mass is 79.9. The van der Waals surface area contributed by atoms with Crippen molar-refractivity contribution in [3.05, 3.63) is 44.1 Å². The molecule has 0 fully saturated rings. The van der Waals surface area contributed by atoms with Crippen molar-refractivity contribution in [1.29, 1.82) is 0 Å². The molecule has 0 aliphatic heterocycles. The quantitative estimate of drug-likeness (QED) is 0.768. The average Bonchev–Trinajstić information content (AvgIpc) is 2.69. The van der Waals surface area contributed by atoms with E-state index in [2.05, 4.69) is 37.0 Å². The van der Waals surface area contributed by atoms with Crippen molar-refractivity contribution in [2.24, 2.45) is 0 Å². The van der Waals surface area contributed by atoms with Gasteiger partial charge in [-0.05, 0) is 48.0 Å². The molecule has 0 saturated carbocycles. The summed E-state index contributed by atoms with van der Waals surface area (Å²) in [6.45, 7) is 4.74. The van der Waals surface area contributed by atoms with Crippen LogP contribution in [-0.4, -0.2) is 14.9 Å². The molecule has 1 unspecified atom stereocenters. The number of halogens is 2. The third kappa shape index (κ3) is 3.07. The summed E-state index contributed by atoms with van der Waals surface area (Å²) >= 11 is 6.94. The fraction of sp³-hybridized carbons (Fsp3) is 0.357. The van der Waals surface area contributed by atoms with Gasteiger partial charge in [0.05, 0.1) is 22.0 Å². The molecule has 0 spiro atoms. The van der Waals surface area contributed by atoms with Crippen molar-refractivity contribution >= 4 is 37.5 Å². The lowest BCUT2D eigenvalue weighted by molar-refractivity contribution is 0.176. The summed E-state index contributed by atoms with van der Waals surface area (Å²) in [5.74, 6) is 0. The number of nitrogens with two attached hydrogens (primary N) is 1. The fourth-order valence-electron chi connectivity index (χ4n) is 2.19. The molecule has 1 atom stereocenters. The van der Waals surface area contributed by atoms with Crippen LogP contribution in [0.3, 0.4) is 0 Å². The smallest absolute Gasteiger partial charge is 0.0865 e. The molecule has 1 aromatic heterocycles. The number of aryl methyl sites for hydroxylation is 2. The molecule has 0 radical (unpaired) electrons. The first-order valence-electron chi connectivity index (χ1n) is 6.38. The summed E-state index contributed by atoms with van der Waals surface area (Å²) in [5.41, 5.74) is 9.18. The molecular weight excluding hydrogens is 386 g/mol. The van der Waals surface area contributed by atoms with E-state index < -0.39 is 6.10 Å². The summed E-state index contributed by atoms with van der Waals surface area (Å²) in [5, 5.41) is 14.9. The molecule has 6 heteroatoms. The van der Waals surface area contributed by atoms with E-state index in [0.29, 0.717) is 12.1 Å². The molecule has 0 saturated heterocycles. The van der Waals surface area contributed by atoms with Crippen molar-refractivity contribution < 1.29 is 5.11 Å². The summed E-state index contributed by atoms with van der Waals surface area (Å²) in [4.78, 5) is 0. The number of aromatic nitrogens is 2. The molecule has 108 valence electrons. The topological polar surface area (TPSA) is 64.1 Å². The van der Waals surface area contributed by atoms with Crippen molar-refractivity contribution in [3.63, 3.8) is 0 Å². The zero-order chi connectivity index (χ0) is 14.9. The van der Waals surface area contributed by atoms with Crippen LogP contribution in [-0.2, 0) is 13.0 Å². The van der Waals surface area contributed by atoms with Gasteiger partial charge in [0.1, 0.15) is 0 Å². The number of nitrogen functional groups attached to an aromatic ring is 1. The number of aliphatic hydroxyl groups is 1. The lowest BCUT2D eigenvalue weighted by Gasteiger charge is -2.15. The van der Waals surface area contributed by atoms with Gasteiger partial charge in [0, 0.05) is 28.7 Å². The van der Waals surface area contributed by atoms with Crippen LogP contribution < -0.4 is 5.73 Å². The van der Waals surface area contributed by atoms with Crippen LogP contribution in [0, 0.1) is 6.92 Å². The number of nitrogens with zero attached hydrogens (tertiary/aromatic N) is 2. The molecular formula is C14H17Br2N3O. The normalized spacial score (nSPS) is 12.7. The van der Waals surface area contributed by atoms with E-state index in [9.17, 15) is 5.11 Å². The van der Waals surface area contributed by atoms with E-state index in [1.807, 2.05) is 30.7 Å². The van der Waals surface area contributed by atoms with Gasteiger partial charge >= 0.3 is 0 Å². The fourth-order valence-corrected chi connectivity index (χ4v) is 3.02. The average molecular weight is 403 g/mol. The Balaban J connectivity index is 2.32. The highest BCUT2D eigenvalue weighted by Gasteiger charge is 2.19. The zero-order valence-electron chi connectivity index (χ0n) is 11.4. The highest BCUT2D eigenvalue weighted by molar-refractivity contribution is 9.10. The molecule has 1 aromatic carbocycles. The molecule has 20 heavy (non-hydrogen) atoms. The van der Waals surface area contributed by atoms with Gasteiger partial charge in [0.2, 0.25) is 0 Å². The number of benzene rings is 1. The van der Waals surface area contributed by atoms with Crippen LogP contribution in [0.4, 0.5) is 5.69 Å². The van der Waals surface area contributed by atoms with E-state index >= 15 is 0 Å². The summed E-state index contributed by atoms with van der Waals surface area (Å²) in [6.07, 6.45) is -0.194. The number of hydrogen-bond acceptors (Lipinski definition) is 3.